The predicted molar refractivity (Wildman–Crippen MR) is 97.6 cm³/mol. The van der Waals surface area contributed by atoms with Gasteiger partial charge in [0, 0.05) is 32.0 Å². The first-order valence-corrected chi connectivity index (χ1v) is 10.4. The molecule has 1 aromatic heterocycles. The molecule has 4 saturated carbocycles. The van der Waals surface area contributed by atoms with Crippen molar-refractivity contribution >= 4 is 5.91 Å². The maximum absolute atomic E-state index is 13.4. The van der Waals surface area contributed by atoms with Crippen LogP contribution < -0.4 is 4.74 Å². The molecule has 4 bridgehead atoms. The monoisotopic (exact) mass is 355 g/mol. The first-order valence-electron chi connectivity index (χ1n) is 10.4. The second kappa shape index (κ2) is 6.21. The lowest BCUT2D eigenvalue weighted by molar-refractivity contribution is -0.159. The van der Waals surface area contributed by atoms with Crippen molar-refractivity contribution < 1.29 is 9.53 Å². The smallest absolute Gasteiger partial charge is 0.233 e. The molecular weight excluding hydrogens is 326 g/mol. The molecule has 0 unspecified atom stereocenters. The van der Waals surface area contributed by atoms with Crippen LogP contribution in [0.15, 0.2) is 12.1 Å². The predicted octanol–water partition coefficient (Wildman–Crippen LogP) is 3.37. The minimum Gasteiger partial charge on any atom is -0.473 e. The third kappa shape index (κ3) is 2.89. The number of hydrogen-bond donors (Lipinski definition) is 0. The molecular formula is C21H29N3O2. The molecule has 26 heavy (non-hydrogen) atoms. The van der Waals surface area contributed by atoms with Crippen LogP contribution in [0.3, 0.4) is 0 Å². The highest BCUT2D eigenvalue weighted by atomic mass is 16.5. The van der Waals surface area contributed by atoms with Crippen LogP contribution in [0, 0.1) is 30.1 Å². The third-order valence-electron chi connectivity index (χ3n) is 7.28. The largest absolute Gasteiger partial charge is 0.473 e. The van der Waals surface area contributed by atoms with Crippen LogP contribution in [0.25, 0.3) is 0 Å². The second-order valence-corrected chi connectivity index (χ2v) is 9.32. The number of hydrogen-bond acceptors (Lipinski definition) is 4. The Morgan fingerprint density at radius 3 is 2.19 bits per heavy atom. The molecule has 1 saturated heterocycles. The molecule has 1 aromatic rings. The van der Waals surface area contributed by atoms with Gasteiger partial charge in [-0.1, -0.05) is 0 Å². The van der Waals surface area contributed by atoms with Crippen LogP contribution in [0.2, 0.25) is 0 Å². The number of carbonyl (C=O) groups excluding carboxylic acids is 1. The molecule has 4 aliphatic carbocycles. The highest BCUT2D eigenvalue weighted by Crippen LogP contribution is 2.60. The number of amides is 1. The molecule has 5 nitrogen and oxygen atoms in total. The zero-order chi connectivity index (χ0) is 17.7. The van der Waals surface area contributed by atoms with Crippen LogP contribution >= 0.6 is 0 Å². The Morgan fingerprint density at radius 1 is 1.04 bits per heavy atom. The molecule has 1 aliphatic heterocycles. The van der Waals surface area contributed by atoms with Gasteiger partial charge in [-0.25, -0.2) is 0 Å². The zero-order valence-corrected chi connectivity index (χ0v) is 15.7. The van der Waals surface area contributed by atoms with E-state index in [0.717, 1.165) is 68.6 Å². The second-order valence-electron chi connectivity index (χ2n) is 9.32. The molecule has 0 atom stereocenters. The van der Waals surface area contributed by atoms with E-state index in [2.05, 4.69) is 15.1 Å². The zero-order valence-electron chi connectivity index (χ0n) is 15.7. The Morgan fingerprint density at radius 2 is 1.65 bits per heavy atom. The number of aromatic nitrogens is 2. The summed E-state index contributed by atoms with van der Waals surface area (Å²) in [6, 6.07) is 3.81. The van der Waals surface area contributed by atoms with E-state index in [0.29, 0.717) is 11.8 Å². The third-order valence-corrected chi connectivity index (χ3v) is 7.28. The Bertz CT molecular complexity index is 644. The fourth-order valence-electron chi connectivity index (χ4n) is 6.51. The maximum atomic E-state index is 13.4. The molecule has 2 heterocycles. The molecule has 5 aliphatic rings. The average molecular weight is 355 g/mol. The Balaban J connectivity index is 1.20. The summed E-state index contributed by atoms with van der Waals surface area (Å²) in [5, 5.41) is 8.15. The summed E-state index contributed by atoms with van der Waals surface area (Å²) in [5.41, 5.74) is 0.888. The molecule has 1 amide bonds. The molecule has 0 spiro atoms. The highest BCUT2D eigenvalue weighted by Gasteiger charge is 2.55. The summed E-state index contributed by atoms with van der Waals surface area (Å²) in [6.07, 6.45) is 9.59. The molecule has 0 N–H and O–H groups in total. The lowest BCUT2D eigenvalue weighted by atomic mass is 9.49. The molecule has 0 aromatic carbocycles. The number of carbonyl (C=O) groups is 1. The van der Waals surface area contributed by atoms with Crippen molar-refractivity contribution in [3.63, 3.8) is 0 Å². The highest BCUT2D eigenvalue weighted by molar-refractivity contribution is 5.83. The van der Waals surface area contributed by atoms with Gasteiger partial charge in [0.25, 0.3) is 0 Å². The van der Waals surface area contributed by atoms with Gasteiger partial charge in [-0.2, -0.15) is 5.10 Å². The molecule has 5 heteroatoms. The van der Waals surface area contributed by atoms with E-state index in [4.69, 9.17) is 4.74 Å². The van der Waals surface area contributed by atoms with Gasteiger partial charge in [-0.05, 0) is 69.3 Å². The van der Waals surface area contributed by atoms with E-state index in [1.807, 2.05) is 19.1 Å². The van der Waals surface area contributed by atoms with Gasteiger partial charge in [0.1, 0.15) is 6.10 Å². The van der Waals surface area contributed by atoms with Crippen LogP contribution in [-0.4, -0.2) is 40.2 Å². The lowest BCUT2D eigenvalue weighted by Gasteiger charge is -2.57. The van der Waals surface area contributed by atoms with Crippen LogP contribution in [-0.2, 0) is 4.79 Å². The first kappa shape index (κ1) is 16.5. The Labute approximate surface area is 155 Å². The first-order chi connectivity index (χ1) is 12.6. The van der Waals surface area contributed by atoms with Gasteiger partial charge >= 0.3 is 0 Å². The van der Waals surface area contributed by atoms with E-state index >= 15 is 0 Å². The van der Waals surface area contributed by atoms with Gasteiger partial charge in [0.05, 0.1) is 11.1 Å². The fraction of sp³-hybridized carbons (Fsp3) is 0.762. The topological polar surface area (TPSA) is 55.3 Å². The summed E-state index contributed by atoms with van der Waals surface area (Å²) in [5.74, 6) is 3.54. The van der Waals surface area contributed by atoms with Gasteiger partial charge < -0.3 is 9.64 Å². The number of rotatable bonds is 3. The standard InChI is InChI=1S/C21H29N3O2/c1-14-2-3-19(23-22-14)26-18-4-6-24(7-5-18)20(25)21-11-15-8-16(12-21)10-17(9-15)13-21/h2-3,15-18H,4-13H2,1H3. The average Bonchev–Trinajstić information content (AvgIpc) is 2.63. The Kier molecular flexibility index (Phi) is 3.94. The van der Waals surface area contributed by atoms with Crippen LogP contribution in [0.5, 0.6) is 5.88 Å². The summed E-state index contributed by atoms with van der Waals surface area (Å²) >= 11 is 0. The van der Waals surface area contributed by atoms with Gasteiger partial charge in [0.15, 0.2) is 0 Å². The normalized spacial score (nSPS) is 36.3. The fourth-order valence-corrected chi connectivity index (χ4v) is 6.51. The molecule has 0 radical (unpaired) electrons. The van der Waals surface area contributed by atoms with Gasteiger partial charge in [-0.15, -0.1) is 5.10 Å². The van der Waals surface area contributed by atoms with Crippen molar-refractivity contribution in [2.75, 3.05) is 13.1 Å². The van der Waals surface area contributed by atoms with Gasteiger partial charge in [-0.3, -0.25) is 4.79 Å². The maximum Gasteiger partial charge on any atom is 0.233 e. The van der Waals surface area contributed by atoms with E-state index in [1.165, 1.54) is 19.3 Å². The van der Waals surface area contributed by atoms with Crippen molar-refractivity contribution in [2.24, 2.45) is 23.2 Å². The SMILES string of the molecule is Cc1ccc(OC2CCN(C(=O)C34CC5CC(CC(C5)C3)C4)CC2)nn1. The summed E-state index contributed by atoms with van der Waals surface area (Å²) in [6.45, 7) is 3.57. The number of likely N-dealkylation sites (tertiary alicyclic amines) is 1. The lowest BCUT2D eigenvalue weighted by Crippen LogP contribution is -2.56. The Hall–Kier alpha value is -1.65. The molecule has 140 valence electrons. The van der Waals surface area contributed by atoms with Crippen molar-refractivity contribution in [2.45, 2.75) is 64.4 Å². The van der Waals surface area contributed by atoms with Crippen molar-refractivity contribution in [3.05, 3.63) is 17.8 Å². The quantitative estimate of drug-likeness (QED) is 0.834. The minimum atomic E-state index is -0.00905. The van der Waals surface area contributed by atoms with Crippen LogP contribution in [0.1, 0.15) is 57.1 Å². The van der Waals surface area contributed by atoms with E-state index in [1.54, 1.807) is 0 Å². The number of aryl methyl sites for hydroxylation is 1. The number of nitrogens with zero attached hydrogens (tertiary/aromatic N) is 3. The number of ether oxygens (including phenoxy) is 1. The van der Waals surface area contributed by atoms with Crippen molar-refractivity contribution in [1.82, 2.24) is 15.1 Å². The van der Waals surface area contributed by atoms with E-state index in [9.17, 15) is 4.79 Å². The number of piperidine rings is 1. The van der Waals surface area contributed by atoms with Crippen molar-refractivity contribution in [3.8, 4) is 5.88 Å². The van der Waals surface area contributed by atoms with Crippen molar-refractivity contribution in [1.29, 1.82) is 0 Å². The van der Waals surface area contributed by atoms with E-state index in [-0.39, 0.29) is 11.5 Å². The van der Waals surface area contributed by atoms with Gasteiger partial charge in [0.2, 0.25) is 11.8 Å². The van der Waals surface area contributed by atoms with E-state index < -0.39 is 0 Å². The summed E-state index contributed by atoms with van der Waals surface area (Å²) < 4.78 is 5.98. The summed E-state index contributed by atoms with van der Waals surface area (Å²) in [4.78, 5) is 15.6. The minimum absolute atomic E-state index is 0.00905. The molecule has 6 rings (SSSR count). The van der Waals surface area contributed by atoms with Crippen LogP contribution in [0.4, 0.5) is 0 Å². The summed E-state index contributed by atoms with van der Waals surface area (Å²) in [7, 11) is 0. The molecule has 5 fully saturated rings.